The van der Waals surface area contributed by atoms with Crippen molar-refractivity contribution in [2.24, 2.45) is 0 Å². The number of aliphatic carboxylic acids is 1. The van der Waals surface area contributed by atoms with Crippen molar-refractivity contribution in [3.8, 4) is 0 Å². The van der Waals surface area contributed by atoms with Gasteiger partial charge in [0.1, 0.15) is 5.41 Å². The first-order valence-electron chi connectivity index (χ1n) is 7.24. The molecule has 1 atom stereocenters. The number of amides is 1. The number of carboxylic acid groups (broad SMARTS) is 1. The number of furan rings is 1. The molecular weight excluding hydrogens is 314 g/mol. The topological polar surface area (TPSA) is 79.5 Å². The molecule has 1 aromatic carbocycles. The summed E-state index contributed by atoms with van der Waals surface area (Å²) < 4.78 is 5.36. The fraction of sp³-hybridized carbons (Fsp3) is 0.294. The van der Waals surface area contributed by atoms with Crippen LogP contribution in [0.25, 0.3) is 0 Å². The lowest BCUT2D eigenvalue weighted by Gasteiger charge is -2.28. The number of benzene rings is 1. The first-order valence-corrected chi connectivity index (χ1v) is 8.47. The summed E-state index contributed by atoms with van der Waals surface area (Å²) in [5.41, 5.74) is -0.495. The Morgan fingerprint density at radius 1 is 1.22 bits per heavy atom. The maximum atomic E-state index is 12.2. The van der Waals surface area contributed by atoms with Crippen LogP contribution in [-0.2, 0) is 10.2 Å². The van der Waals surface area contributed by atoms with Crippen LogP contribution in [0, 0.1) is 0 Å². The molecule has 0 saturated heterocycles. The van der Waals surface area contributed by atoms with Crippen molar-refractivity contribution in [3.63, 3.8) is 0 Å². The summed E-state index contributed by atoms with van der Waals surface area (Å²) >= 11 is 1.40. The monoisotopic (exact) mass is 333 g/mol. The van der Waals surface area contributed by atoms with E-state index in [0.29, 0.717) is 17.1 Å². The average molecular weight is 333 g/mol. The zero-order chi connectivity index (χ0) is 16.9. The number of hydrogen-bond acceptors (Lipinski definition) is 4. The summed E-state index contributed by atoms with van der Waals surface area (Å²) in [5, 5.41) is 13.0. The average Bonchev–Trinajstić information content (AvgIpc) is 3.05. The van der Waals surface area contributed by atoms with Crippen LogP contribution < -0.4 is 5.32 Å². The summed E-state index contributed by atoms with van der Waals surface area (Å²) in [6, 6.07) is 12.2. The van der Waals surface area contributed by atoms with Crippen molar-refractivity contribution < 1.29 is 19.1 Å². The Hall–Kier alpha value is -2.21. The van der Waals surface area contributed by atoms with Crippen molar-refractivity contribution in [2.75, 3.05) is 12.8 Å². The smallest absolute Gasteiger partial charge is 0.315 e. The second-order valence-electron chi connectivity index (χ2n) is 5.11. The van der Waals surface area contributed by atoms with Crippen LogP contribution in [0.1, 0.15) is 29.5 Å². The van der Waals surface area contributed by atoms with Gasteiger partial charge in [0.05, 0.1) is 0 Å². The Bertz CT molecular complexity index is 683. The lowest BCUT2D eigenvalue weighted by molar-refractivity contribution is -0.143. The van der Waals surface area contributed by atoms with Gasteiger partial charge in [0.15, 0.2) is 10.9 Å². The fourth-order valence-corrected chi connectivity index (χ4v) is 2.79. The van der Waals surface area contributed by atoms with Crippen LogP contribution in [-0.4, -0.2) is 29.8 Å². The van der Waals surface area contributed by atoms with Crippen molar-refractivity contribution in [2.45, 2.75) is 23.9 Å². The molecule has 1 amide bonds. The molecular formula is C17H19NO4S. The highest BCUT2D eigenvalue weighted by Gasteiger charge is 2.39. The number of nitrogens with one attached hydrogen (secondary N) is 1. The molecule has 0 bridgehead atoms. The van der Waals surface area contributed by atoms with Crippen LogP contribution in [0.15, 0.2) is 52.0 Å². The van der Waals surface area contributed by atoms with E-state index < -0.39 is 17.3 Å². The zero-order valence-corrected chi connectivity index (χ0v) is 13.9. The molecule has 23 heavy (non-hydrogen) atoms. The van der Waals surface area contributed by atoms with E-state index in [9.17, 15) is 14.7 Å². The van der Waals surface area contributed by atoms with Gasteiger partial charge >= 0.3 is 5.97 Å². The Morgan fingerprint density at radius 3 is 2.43 bits per heavy atom. The van der Waals surface area contributed by atoms with Gasteiger partial charge in [-0.25, -0.2) is 0 Å². The molecule has 2 rings (SSSR count). The third-order valence-corrected chi connectivity index (χ3v) is 4.52. The molecule has 0 saturated carbocycles. The Labute approximate surface area is 139 Å². The van der Waals surface area contributed by atoms with Crippen molar-refractivity contribution in [1.82, 2.24) is 5.32 Å². The van der Waals surface area contributed by atoms with Gasteiger partial charge in [0.25, 0.3) is 5.91 Å². The molecule has 1 heterocycles. The molecule has 0 aliphatic carbocycles. The van der Waals surface area contributed by atoms with E-state index in [0.717, 1.165) is 0 Å². The predicted molar refractivity (Wildman–Crippen MR) is 88.9 cm³/mol. The number of rotatable bonds is 7. The lowest BCUT2D eigenvalue weighted by Crippen LogP contribution is -2.46. The SMILES string of the molecule is CCC(CNC(=O)c1ccc(SC)o1)(C(=O)O)c1ccccc1. The largest absolute Gasteiger partial charge is 0.481 e. The Kier molecular flexibility index (Phi) is 5.50. The van der Waals surface area contributed by atoms with E-state index in [1.54, 1.807) is 43.3 Å². The quantitative estimate of drug-likeness (QED) is 0.761. The van der Waals surface area contributed by atoms with E-state index in [4.69, 9.17) is 4.42 Å². The van der Waals surface area contributed by atoms with E-state index in [-0.39, 0.29) is 12.3 Å². The third-order valence-electron chi connectivity index (χ3n) is 3.90. The molecule has 0 radical (unpaired) electrons. The highest BCUT2D eigenvalue weighted by molar-refractivity contribution is 7.98. The van der Waals surface area contributed by atoms with E-state index in [1.807, 2.05) is 12.3 Å². The van der Waals surface area contributed by atoms with Gasteiger partial charge in [-0.15, -0.1) is 0 Å². The molecule has 122 valence electrons. The number of carboxylic acids is 1. The molecule has 2 N–H and O–H groups in total. The summed E-state index contributed by atoms with van der Waals surface area (Å²) in [6.45, 7) is 1.79. The summed E-state index contributed by atoms with van der Waals surface area (Å²) in [6.07, 6.45) is 2.21. The number of carbonyl (C=O) groups is 2. The maximum Gasteiger partial charge on any atom is 0.315 e. The summed E-state index contributed by atoms with van der Waals surface area (Å²) in [5.74, 6) is -1.20. The standard InChI is InChI=1S/C17H19NO4S/c1-3-17(16(20)21,12-7-5-4-6-8-12)11-18-15(19)13-9-10-14(22-13)23-2/h4-10H,3,11H2,1-2H3,(H,18,19)(H,20,21). The van der Waals surface area contributed by atoms with Crippen LogP contribution in [0.5, 0.6) is 0 Å². The molecule has 0 aliphatic rings. The van der Waals surface area contributed by atoms with Crippen LogP contribution >= 0.6 is 11.8 Å². The Balaban J connectivity index is 2.19. The van der Waals surface area contributed by atoms with Crippen molar-refractivity contribution in [1.29, 1.82) is 0 Å². The molecule has 0 aliphatic heterocycles. The van der Waals surface area contributed by atoms with Gasteiger partial charge in [-0.2, -0.15) is 0 Å². The first-order chi connectivity index (χ1) is 11.0. The molecule has 1 aromatic heterocycles. The van der Waals surface area contributed by atoms with Gasteiger partial charge in [-0.3, -0.25) is 9.59 Å². The summed E-state index contributed by atoms with van der Waals surface area (Å²) in [7, 11) is 0. The van der Waals surface area contributed by atoms with Gasteiger partial charge in [-0.1, -0.05) is 49.0 Å². The molecule has 0 fully saturated rings. The van der Waals surface area contributed by atoms with Crippen LogP contribution in [0.4, 0.5) is 0 Å². The number of hydrogen-bond donors (Lipinski definition) is 2. The third kappa shape index (κ3) is 3.59. The van der Waals surface area contributed by atoms with E-state index in [1.165, 1.54) is 11.8 Å². The predicted octanol–water partition coefficient (Wildman–Crippen LogP) is 3.16. The van der Waals surface area contributed by atoms with E-state index in [2.05, 4.69) is 5.32 Å². The number of thioether (sulfide) groups is 1. The summed E-state index contributed by atoms with van der Waals surface area (Å²) in [4.78, 5) is 24.1. The number of carbonyl (C=O) groups excluding carboxylic acids is 1. The van der Waals surface area contributed by atoms with Crippen molar-refractivity contribution >= 4 is 23.6 Å². The Morgan fingerprint density at radius 2 is 1.91 bits per heavy atom. The first kappa shape index (κ1) is 17.1. The zero-order valence-electron chi connectivity index (χ0n) is 13.0. The minimum absolute atomic E-state index is 0.00299. The lowest BCUT2D eigenvalue weighted by atomic mass is 9.78. The van der Waals surface area contributed by atoms with Gasteiger partial charge in [0.2, 0.25) is 0 Å². The molecule has 0 spiro atoms. The minimum atomic E-state index is -1.16. The van der Waals surface area contributed by atoms with Gasteiger partial charge < -0.3 is 14.8 Å². The molecule has 5 nitrogen and oxygen atoms in total. The second-order valence-corrected chi connectivity index (χ2v) is 5.92. The fourth-order valence-electron chi connectivity index (χ4n) is 2.41. The van der Waals surface area contributed by atoms with Crippen LogP contribution in [0.2, 0.25) is 0 Å². The van der Waals surface area contributed by atoms with Gasteiger partial charge in [-0.05, 0) is 30.4 Å². The van der Waals surface area contributed by atoms with E-state index >= 15 is 0 Å². The maximum absolute atomic E-state index is 12.2. The molecule has 6 heteroatoms. The minimum Gasteiger partial charge on any atom is -0.481 e. The van der Waals surface area contributed by atoms with Gasteiger partial charge in [0, 0.05) is 6.54 Å². The second kappa shape index (κ2) is 7.37. The molecule has 2 aromatic rings. The van der Waals surface area contributed by atoms with Crippen molar-refractivity contribution in [3.05, 3.63) is 53.8 Å². The highest BCUT2D eigenvalue weighted by atomic mass is 32.2. The highest BCUT2D eigenvalue weighted by Crippen LogP contribution is 2.28. The van der Waals surface area contributed by atoms with Crippen LogP contribution in [0.3, 0.4) is 0 Å². The normalized spacial score (nSPS) is 13.3. The molecule has 1 unspecified atom stereocenters.